The molecule has 0 aromatic carbocycles. The Labute approximate surface area is 97.2 Å². The third-order valence-corrected chi connectivity index (χ3v) is 3.77. The summed E-state index contributed by atoms with van der Waals surface area (Å²) < 4.78 is 5.46. The molecule has 15 heavy (non-hydrogen) atoms. The van der Waals surface area contributed by atoms with Gasteiger partial charge in [0.1, 0.15) is 0 Å². The van der Waals surface area contributed by atoms with Gasteiger partial charge >= 0.3 is 0 Å². The van der Waals surface area contributed by atoms with E-state index < -0.39 is 0 Å². The van der Waals surface area contributed by atoms with E-state index in [1.54, 1.807) is 0 Å². The third kappa shape index (κ3) is 2.87. The quantitative estimate of drug-likeness (QED) is 0.545. The Balaban J connectivity index is 1.74. The fourth-order valence-corrected chi connectivity index (χ4v) is 3.08. The Morgan fingerprint density at radius 2 is 1.87 bits per heavy atom. The molecule has 2 aliphatic heterocycles. The van der Waals surface area contributed by atoms with Crippen molar-refractivity contribution in [2.45, 2.75) is 43.9 Å². The Morgan fingerprint density at radius 3 is 2.47 bits per heavy atom. The molecule has 2 bridgehead atoms. The van der Waals surface area contributed by atoms with Crippen LogP contribution >= 0.6 is 12.6 Å². The monoisotopic (exact) mass is 231 g/mol. The second kappa shape index (κ2) is 5.53. The predicted molar refractivity (Wildman–Crippen MR) is 63.4 cm³/mol. The smallest absolute Gasteiger partial charge is 0.0594 e. The van der Waals surface area contributed by atoms with Gasteiger partial charge in [-0.1, -0.05) is 0 Å². The second-order valence-electron chi connectivity index (χ2n) is 4.58. The van der Waals surface area contributed by atoms with Crippen molar-refractivity contribution < 1.29 is 9.84 Å². The molecule has 0 radical (unpaired) electrons. The molecule has 2 rings (SSSR count). The van der Waals surface area contributed by atoms with E-state index in [9.17, 15) is 5.11 Å². The van der Waals surface area contributed by atoms with Gasteiger partial charge in [-0.2, -0.15) is 12.6 Å². The van der Waals surface area contributed by atoms with Gasteiger partial charge < -0.3 is 9.84 Å². The molecular formula is C11H21NO2S. The minimum atomic E-state index is -0.0582. The first-order chi connectivity index (χ1) is 7.31. The molecule has 2 saturated heterocycles. The molecule has 2 atom stereocenters. The normalized spacial score (nSPS) is 36.0. The summed E-state index contributed by atoms with van der Waals surface area (Å²) in [6.45, 7) is 2.58. The van der Waals surface area contributed by atoms with E-state index in [2.05, 4.69) is 17.5 Å². The fraction of sp³-hybridized carbons (Fsp3) is 1.00. The summed E-state index contributed by atoms with van der Waals surface area (Å²) in [6, 6.07) is 1.22. The second-order valence-corrected chi connectivity index (χ2v) is 5.03. The Bertz CT molecular complexity index is 189. The molecule has 0 aromatic heterocycles. The molecule has 88 valence electrons. The highest BCUT2D eigenvalue weighted by atomic mass is 32.1. The molecule has 2 aliphatic rings. The zero-order chi connectivity index (χ0) is 10.7. The van der Waals surface area contributed by atoms with Crippen molar-refractivity contribution in [1.29, 1.82) is 0 Å². The van der Waals surface area contributed by atoms with Crippen LogP contribution < -0.4 is 0 Å². The van der Waals surface area contributed by atoms with Crippen LogP contribution in [-0.4, -0.2) is 53.7 Å². The molecule has 2 unspecified atom stereocenters. The van der Waals surface area contributed by atoms with Crippen molar-refractivity contribution in [3.05, 3.63) is 0 Å². The van der Waals surface area contributed by atoms with Crippen molar-refractivity contribution in [3.63, 3.8) is 0 Å². The number of aliphatic hydroxyl groups is 1. The summed E-state index contributed by atoms with van der Waals surface area (Å²) in [6.07, 6.45) is 4.38. The highest BCUT2D eigenvalue weighted by Gasteiger charge is 2.39. The lowest BCUT2D eigenvalue weighted by atomic mass is 10.0. The van der Waals surface area contributed by atoms with Gasteiger partial charge in [-0.15, -0.1) is 0 Å². The molecule has 0 aliphatic carbocycles. The Kier molecular flexibility index (Phi) is 4.31. The summed E-state index contributed by atoms with van der Waals surface area (Å²) in [4.78, 5) is 2.53. The number of ether oxygens (including phenoxy) is 1. The number of hydrogen-bond acceptors (Lipinski definition) is 4. The highest BCUT2D eigenvalue weighted by molar-refractivity contribution is 7.80. The molecule has 2 heterocycles. The first kappa shape index (κ1) is 11.7. The van der Waals surface area contributed by atoms with Crippen LogP contribution in [-0.2, 0) is 4.74 Å². The molecule has 1 N–H and O–H groups in total. The number of rotatable bonds is 5. The van der Waals surface area contributed by atoms with Gasteiger partial charge in [0, 0.05) is 24.4 Å². The van der Waals surface area contributed by atoms with Crippen LogP contribution in [0.1, 0.15) is 25.7 Å². The summed E-state index contributed by atoms with van der Waals surface area (Å²) in [5.74, 6) is 0.797. The van der Waals surface area contributed by atoms with Gasteiger partial charge in [-0.05, 0) is 25.7 Å². The van der Waals surface area contributed by atoms with Crippen LogP contribution in [0.15, 0.2) is 0 Å². The average molecular weight is 231 g/mol. The number of nitrogens with zero attached hydrogens (tertiary/aromatic N) is 1. The van der Waals surface area contributed by atoms with E-state index in [0.717, 1.165) is 38.4 Å². The van der Waals surface area contributed by atoms with Crippen LogP contribution in [0, 0.1) is 0 Å². The first-order valence-corrected chi connectivity index (χ1v) is 6.57. The number of piperidine rings is 1. The maximum absolute atomic E-state index is 9.65. The van der Waals surface area contributed by atoms with Crippen molar-refractivity contribution in [2.75, 3.05) is 25.5 Å². The minimum absolute atomic E-state index is 0.0582. The Morgan fingerprint density at radius 1 is 1.20 bits per heavy atom. The summed E-state index contributed by atoms with van der Waals surface area (Å²) in [5.41, 5.74) is 0. The van der Waals surface area contributed by atoms with Gasteiger partial charge in [0.2, 0.25) is 0 Å². The van der Waals surface area contributed by atoms with Crippen molar-refractivity contribution in [2.24, 2.45) is 0 Å². The summed E-state index contributed by atoms with van der Waals surface area (Å²) >= 11 is 4.11. The molecule has 0 amide bonds. The van der Waals surface area contributed by atoms with Crippen LogP contribution in [0.2, 0.25) is 0 Å². The molecule has 4 heteroatoms. The van der Waals surface area contributed by atoms with Crippen molar-refractivity contribution >= 4 is 12.6 Å². The van der Waals surface area contributed by atoms with Gasteiger partial charge in [-0.25, -0.2) is 0 Å². The van der Waals surface area contributed by atoms with E-state index in [4.69, 9.17) is 4.74 Å². The maximum atomic E-state index is 9.65. The van der Waals surface area contributed by atoms with Crippen molar-refractivity contribution in [1.82, 2.24) is 4.90 Å². The average Bonchev–Trinajstić information content (AvgIpc) is 2.46. The van der Waals surface area contributed by atoms with Crippen molar-refractivity contribution in [3.8, 4) is 0 Å². The van der Waals surface area contributed by atoms with Gasteiger partial charge in [-0.3, -0.25) is 4.90 Å². The molecule has 2 fully saturated rings. The SMILES string of the molecule is OC1CC2CCC(C1)N2CCOCCS. The molecule has 0 spiro atoms. The number of thiol groups is 1. The lowest BCUT2D eigenvalue weighted by molar-refractivity contribution is 0.0173. The maximum Gasteiger partial charge on any atom is 0.0594 e. The lowest BCUT2D eigenvalue weighted by Gasteiger charge is -2.36. The van der Waals surface area contributed by atoms with Gasteiger partial charge in [0.05, 0.1) is 19.3 Å². The first-order valence-electron chi connectivity index (χ1n) is 5.93. The van der Waals surface area contributed by atoms with E-state index in [-0.39, 0.29) is 6.10 Å². The summed E-state index contributed by atoms with van der Waals surface area (Å²) in [5, 5.41) is 9.65. The fourth-order valence-electron chi connectivity index (χ4n) is 2.95. The topological polar surface area (TPSA) is 32.7 Å². The third-order valence-electron chi connectivity index (χ3n) is 3.59. The standard InChI is InChI=1S/C11H21NO2S/c13-11-7-9-1-2-10(8-11)12(9)3-4-14-5-6-15/h9-11,13,15H,1-8H2. The van der Waals surface area contributed by atoms with Gasteiger partial charge in [0.25, 0.3) is 0 Å². The zero-order valence-electron chi connectivity index (χ0n) is 9.14. The largest absolute Gasteiger partial charge is 0.393 e. The van der Waals surface area contributed by atoms with E-state index in [0.29, 0.717) is 12.1 Å². The number of aliphatic hydroxyl groups excluding tert-OH is 1. The molecule has 0 aromatic rings. The zero-order valence-corrected chi connectivity index (χ0v) is 10.0. The molecule has 0 saturated carbocycles. The van der Waals surface area contributed by atoms with E-state index in [1.807, 2.05) is 0 Å². The van der Waals surface area contributed by atoms with Crippen LogP contribution in [0.25, 0.3) is 0 Å². The number of hydrogen-bond donors (Lipinski definition) is 2. The predicted octanol–water partition coefficient (Wildman–Crippen LogP) is 0.920. The minimum Gasteiger partial charge on any atom is -0.393 e. The van der Waals surface area contributed by atoms with Crippen LogP contribution in [0.3, 0.4) is 0 Å². The number of fused-ring (bicyclic) bond motifs is 2. The van der Waals surface area contributed by atoms with E-state index >= 15 is 0 Å². The summed E-state index contributed by atoms with van der Waals surface area (Å²) in [7, 11) is 0. The molecule has 3 nitrogen and oxygen atoms in total. The molecular weight excluding hydrogens is 210 g/mol. The highest BCUT2D eigenvalue weighted by Crippen LogP contribution is 2.35. The van der Waals surface area contributed by atoms with E-state index in [1.165, 1.54) is 12.8 Å². The Hall–Kier alpha value is 0.230. The van der Waals surface area contributed by atoms with Crippen LogP contribution in [0.5, 0.6) is 0 Å². The van der Waals surface area contributed by atoms with Gasteiger partial charge in [0.15, 0.2) is 0 Å². The van der Waals surface area contributed by atoms with Crippen LogP contribution in [0.4, 0.5) is 0 Å². The lowest BCUT2D eigenvalue weighted by Crippen LogP contribution is -2.46.